The molecule has 4 heterocycles. The molecule has 4 aromatic rings. The van der Waals surface area contributed by atoms with Gasteiger partial charge in [0.15, 0.2) is 23.1 Å². The van der Waals surface area contributed by atoms with Crippen LogP contribution in [0.1, 0.15) is 55.7 Å². The number of likely N-dealkylation sites (tertiary alicyclic amines) is 1. The molecule has 0 bridgehead atoms. The van der Waals surface area contributed by atoms with Crippen LogP contribution in [0.2, 0.25) is 0 Å². The molecule has 0 radical (unpaired) electrons. The fourth-order valence-electron chi connectivity index (χ4n) is 7.77. The van der Waals surface area contributed by atoms with E-state index in [1.165, 1.54) is 10.9 Å². The number of esters is 1. The van der Waals surface area contributed by atoms with Gasteiger partial charge in [-0.3, -0.25) is 4.79 Å². The Hall–Kier alpha value is -5.49. The first-order chi connectivity index (χ1) is 26.9. The molecule has 2 saturated heterocycles. The van der Waals surface area contributed by atoms with Crippen molar-refractivity contribution < 1.29 is 37.4 Å². The molecule has 2 aromatic heterocycles. The number of hydrogen-bond donors (Lipinski definition) is 5. The van der Waals surface area contributed by atoms with Gasteiger partial charge in [-0.15, -0.1) is 0 Å². The Labute approximate surface area is 320 Å². The number of hydrogen-bond acceptors (Lipinski definition) is 11. The second kappa shape index (κ2) is 16.3. The number of carbonyl (C=O) groups is 3. The summed E-state index contributed by atoms with van der Waals surface area (Å²) in [4.78, 5) is 55.4. The second-order valence-corrected chi connectivity index (χ2v) is 14.5. The number of ether oxygens (including phenoxy) is 1. The molecule has 6 N–H and O–H groups in total. The number of nitrogens with one attached hydrogen (secondary N) is 3. The normalized spacial score (nSPS) is 23.8. The number of rotatable bonds is 11. The Bertz CT molecular complexity index is 1980. The van der Waals surface area contributed by atoms with Crippen molar-refractivity contribution in [3.8, 4) is 0 Å². The van der Waals surface area contributed by atoms with Crippen molar-refractivity contribution in [3.05, 3.63) is 78.1 Å². The lowest BCUT2D eigenvalue weighted by Gasteiger charge is -2.24. The van der Waals surface area contributed by atoms with E-state index in [1.807, 2.05) is 65.6 Å². The molecule has 2 aliphatic heterocycles. The number of alkyl halides is 3. The minimum Gasteiger partial charge on any atom is -0.451 e. The van der Waals surface area contributed by atoms with Gasteiger partial charge in [-0.25, -0.2) is 14.6 Å². The van der Waals surface area contributed by atoms with Crippen molar-refractivity contribution in [3.63, 3.8) is 0 Å². The van der Waals surface area contributed by atoms with Crippen LogP contribution in [0.25, 0.3) is 11.2 Å². The van der Waals surface area contributed by atoms with Crippen molar-refractivity contribution in [1.29, 1.82) is 0 Å². The molecule has 0 spiro atoms. The SMILES string of the molecule is CCC(=O)N[C@H]1C[C@@H](n2cnc3c(NCC(c4ccccc4)c4ccccc4)nc(N4CC[C@@H](NC(=O)N5CC[C@@H](N)C5)C4)nc32)[C@H](O)[C@@H]1OC(=O)C(F)(F)F. The first kappa shape index (κ1) is 38.8. The average molecular weight is 779 g/mol. The zero-order valence-electron chi connectivity index (χ0n) is 30.7. The summed E-state index contributed by atoms with van der Waals surface area (Å²) in [6.45, 7) is 3.94. The van der Waals surface area contributed by atoms with E-state index in [-0.39, 0.29) is 42.5 Å². The Morgan fingerprint density at radius 3 is 2.30 bits per heavy atom. The van der Waals surface area contributed by atoms with Crippen molar-refractivity contribution in [1.82, 2.24) is 35.1 Å². The number of amides is 3. The summed E-state index contributed by atoms with van der Waals surface area (Å²) in [6.07, 6.45) is -5.98. The average Bonchev–Trinajstić information content (AvgIpc) is 4.00. The van der Waals surface area contributed by atoms with E-state index in [2.05, 4.69) is 20.9 Å². The summed E-state index contributed by atoms with van der Waals surface area (Å²) in [6, 6.07) is 17.4. The predicted octanol–water partition coefficient (Wildman–Crippen LogP) is 3.07. The minimum atomic E-state index is -5.31. The second-order valence-electron chi connectivity index (χ2n) is 14.5. The minimum absolute atomic E-state index is 0.0205. The fourth-order valence-corrected chi connectivity index (χ4v) is 7.77. The first-order valence-corrected chi connectivity index (χ1v) is 18.8. The molecule has 298 valence electrons. The van der Waals surface area contributed by atoms with E-state index in [9.17, 15) is 32.7 Å². The van der Waals surface area contributed by atoms with Gasteiger partial charge < -0.3 is 45.9 Å². The van der Waals surface area contributed by atoms with Crippen LogP contribution < -0.4 is 26.6 Å². The highest BCUT2D eigenvalue weighted by molar-refractivity contribution is 5.85. The quantitative estimate of drug-likeness (QED) is 0.141. The third kappa shape index (κ3) is 8.35. The molecule has 15 nitrogen and oxygen atoms in total. The zero-order valence-corrected chi connectivity index (χ0v) is 30.7. The molecular formula is C38H45F3N10O5. The van der Waals surface area contributed by atoms with Gasteiger partial charge in [0.1, 0.15) is 6.10 Å². The fraction of sp³-hybridized carbons (Fsp3) is 0.474. The maximum absolute atomic E-state index is 13.3. The summed E-state index contributed by atoms with van der Waals surface area (Å²) >= 11 is 0. The van der Waals surface area contributed by atoms with Crippen LogP contribution in [0.4, 0.5) is 29.7 Å². The molecule has 18 heteroatoms. The Kier molecular flexibility index (Phi) is 11.3. The molecule has 3 fully saturated rings. The highest BCUT2D eigenvalue weighted by atomic mass is 19.4. The van der Waals surface area contributed by atoms with Crippen molar-refractivity contribution in [2.45, 2.75) is 81.1 Å². The third-order valence-electron chi connectivity index (χ3n) is 10.7. The topological polar surface area (TPSA) is 193 Å². The molecule has 0 unspecified atom stereocenters. The van der Waals surface area contributed by atoms with Gasteiger partial charge in [0.25, 0.3) is 0 Å². The van der Waals surface area contributed by atoms with Crippen LogP contribution in [0.15, 0.2) is 67.0 Å². The van der Waals surface area contributed by atoms with E-state index in [4.69, 9.17) is 20.4 Å². The van der Waals surface area contributed by atoms with Gasteiger partial charge >= 0.3 is 18.2 Å². The number of nitrogens with two attached hydrogens (primary N) is 1. The van der Waals surface area contributed by atoms with Crippen LogP contribution in [0.5, 0.6) is 0 Å². The number of carbonyl (C=O) groups excluding carboxylic acids is 3. The standard InChI is InChI=1S/C38H45F3N10O5/c1-2-29(52)46-27-17-28(31(53)32(27)56-35(54)38(39,40)41)51-21-44-30-33(43-18-26(22-9-5-3-6-10-22)23-11-7-4-8-12-23)47-36(48-34(30)51)49-16-14-25(20-49)45-37(55)50-15-13-24(42)19-50/h3-12,21,24-28,31-32,53H,2,13-20,42H2,1H3,(H,45,55)(H,46,52)(H,43,47,48)/t24-,25-,27+,28-,31+,32-/m1/s1. The maximum atomic E-state index is 13.3. The number of imidazole rings is 1. The molecule has 1 aliphatic carbocycles. The molecule has 3 aliphatic rings. The summed E-state index contributed by atoms with van der Waals surface area (Å²) in [5.41, 5.74) is 8.74. The third-order valence-corrected chi connectivity index (χ3v) is 10.7. The van der Waals surface area contributed by atoms with Crippen LogP contribution in [-0.4, -0.2) is 117 Å². The first-order valence-electron chi connectivity index (χ1n) is 18.8. The molecule has 2 aromatic carbocycles. The summed E-state index contributed by atoms with van der Waals surface area (Å²) in [5.74, 6) is -2.37. The van der Waals surface area contributed by atoms with Gasteiger partial charge in [0.05, 0.1) is 18.4 Å². The Morgan fingerprint density at radius 1 is 0.982 bits per heavy atom. The summed E-state index contributed by atoms with van der Waals surface area (Å²) < 4.78 is 46.3. The highest BCUT2D eigenvalue weighted by Crippen LogP contribution is 2.38. The van der Waals surface area contributed by atoms with Crippen molar-refractivity contribution in [2.24, 2.45) is 5.73 Å². The smallest absolute Gasteiger partial charge is 0.451 e. The molecule has 3 amide bonds. The number of benzene rings is 2. The summed E-state index contributed by atoms with van der Waals surface area (Å²) in [5, 5.41) is 20.7. The summed E-state index contributed by atoms with van der Waals surface area (Å²) in [7, 11) is 0. The lowest BCUT2D eigenvalue weighted by molar-refractivity contribution is -0.209. The van der Waals surface area contributed by atoms with E-state index in [1.54, 1.807) is 11.8 Å². The Balaban J connectivity index is 1.22. The number of fused-ring (bicyclic) bond motifs is 1. The number of aliphatic hydroxyl groups is 1. The lowest BCUT2D eigenvalue weighted by Crippen LogP contribution is -2.47. The zero-order chi connectivity index (χ0) is 39.6. The van der Waals surface area contributed by atoms with Crippen LogP contribution in [0, 0.1) is 0 Å². The molecule has 6 atom stereocenters. The number of anilines is 2. The van der Waals surface area contributed by atoms with Crippen LogP contribution in [0.3, 0.4) is 0 Å². The molecule has 1 saturated carbocycles. The van der Waals surface area contributed by atoms with E-state index in [0.717, 1.165) is 17.5 Å². The number of urea groups is 1. The predicted molar refractivity (Wildman–Crippen MR) is 200 cm³/mol. The lowest BCUT2D eigenvalue weighted by atomic mass is 9.91. The van der Waals surface area contributed by atoms with Crippen LogP contribution >= 0.6 is 0 Å². The highest BCUT2D eigenvalue weighted by Gasteiger charge is 2.51. The number of aliphatic hydroxyl groups excluding tert-OH is 1. The van der Waals surface area contributed by atoms with Gasteiger partial charge in [-0.2, -0.15) is 23.1 Å². The molecule has 7 rings (SSSR count). The van der Waals surface area contributed by atoms with E-state index >= 15 is 0 Å². The van der Waals surface area contributed by atoms with Gasteiger partial charge in [-0.1, -0.05) is 67.6 Å². The largest absolute Gasteiger partial charge is 0.490 e. The van der Waals surface area contributed by atoms with Gasteiger partial charge in [-0.05, 0) is 30.4 Å². The number of aromatic nitrogens is 4. The number of halogens is 3. The van der Waals surface area contributed by atoms with Crippen molar-refractivity contribution in [2.75, 3.05) is 42.9 Å². The van der Waals surface area contributed by atoms with Gasteiger partial charge in [0.2, 0.25) is 11.9 Å². The number of nitrogens with zero attached hydrogens (tertiary/aromatic N) is 6. The van der Waals surface area contributed by atoms with E-state index in [0.29, 0.717) is 56.4 Å². The maximum Gasteiger partial charge on any atom is 0.490 e. The van der Waals surface area contributed by atoms with E-state index < -0.39 is 42.3 Å². The molecular weight excluding hydrogens is 733 g/mol. The molecule has 56 heavy (non-hydrogen) atoms. The van der Waals surface area contributed by atoms with Crippen molar-refractivity contribution >= 4 is 40.8 Å². The Morgan fingerprint density at radius 2 is 1.68 bits per heavy atom. The van der Waals surface area contributed by atoms with Crippen LogP contribution in [-0.2, 0) is 14.3 Å². The monoisotopic (exact) mass is 778 g/mol. The van der Waals surface area contributed by atoms with Gasteiger partial charge in [0, 0.05) is 57.1 Å².